The minimum Gasteiger partial charge on any atom is -0.506 e. The number of carbonyl (C=O) groups excluding carboxylic acids is 2. The number of amides is 1. The normalized spacial score (nSPS) is 11.9. The predicted octanol–water partition coefficient (Wildman–Crippen LogP) is -0.392. The van der Waals surface area contributed by atoms with E-state index in [9.17, 15) is 19.5 Å². The quantitative estimate of drug-likeness (QED) is 0.641. The molecule has 4 N–H and O–H groups in total. The summed E-state index contributed by atoms with van der Waals surface area (Å²) in [6.07, 6.45) is 3.87. The number of aromatic amines is 1. The van der Waals surface area contributed by atoms with Crippen LogP contribution in [0.2, 0.25) is 0 Å². The Morgan fingerprint density at radius 3 is 2.74 bits per heavy atom. The summed E-state index contributed by atoms with van der Waals surface area (Å²) in [6, 6.07) is 0. The van der Waals surface area contributed by atoms with Crippen LogP contribution in [-0.2, 0) is 16.6 Å². The molecule has 2 rings (SSSR count). The maximum atomic E-state index is 12.2. The van der Waals surface area contributed by atoms with Gasteiger partial charge in [0.15, 0.2) is 0 Å². The predicted molar refractivity (Wildman–Crippen MR) is 78.9 cm³/mol. The minimum absolute atomic E-state index is 0.139. The standard InChI is InChI=1S/C14H16N4O5/c1-18-6-7(4-17-18)8(3-10(15)19)11-12(20)9(14(22)23-2)5-16-13(11)21/h4-6,8H,3H2,1-2H3,(H2,15,19)(H2,16,20,21)/t8-/m1/s1. The molecule has 2 aromatic heterocycles. The van der Waals surface area contributed by atoms with E-state index in [1.807, 2.05) is 0 Å². The van der Waals surface area contributed by atoms with Gasteiger partial charge in [-0.3, -0.25) is 14.3 Å². The Hall–Kier alpha value is -3.10. The second-order valence-electron chi connectivity index (χ2n) is 4.96. The Morgan fingerprint density at radius 1 is 1.52 bits per heavy atom. The lowest BCUT2D eigenvalue weighted by molar-refractivity contribution is -0.118. The van der Waals surface area contributed by atoms with Crippen LogP contribution in [-0.4, -0.2) is 38.9 Å². The maximum Gasteiger partial charge on any atom is 0.343 e. The van der Waals surface area contributed by atoms with Crippen LogP contribution in [0.4, 0.5) is 0 Å². The Kier molecular flexibility index (Phi) is 4.49. The number of hydrogen-bond acceptors (Lipinski definition) is 6. The first-order valence-electron chi connectivity index (χ1n) is 6.64. The van der Waals surface area contributed by atoms with E-state index in [-0.39, 0.29) is 17.5 Å². The van der Waals surface area contributed by atoms with Gasteiger partial charge in [0, 0.05) is 31.8 Å². The molecule has 0 saturated heterocycles. The van der Waals surface area contributed by atoms with E-state index < -0.39 is 29.1 Å². The number of nitrogens with zero attached hydrogens (tertiary/aromatic N) is 2. The number of carbonyl (C=O) groups is 2. The molecule has 0 radical (unpaired) electrons. The highest BCUT2D eigenvalue weighted by Gasteiger charge is 2.28. The van der Waals surface area contributed by atoms with E-state index in [0.29, 0.717) is 5.56 Å². The first-order chi connectivity index (χ1) is 10.8. The number of aromatic hydroxyl groups is 1. The first-order valence-corrected chi connectivity index (χ1v) is 6.64. The van der Waals surface area contributed by atoms with Crippen LogP contribution < -0.4 is 11.3 Å². The number of nitrogens with one attached hydrogen (secondary N) is 1. The van der Waals surface area contributed by atoms with E-state index in [2.05, 4.69) is 14.8 Å². The highest BCUT2D eigenvalue weighted by Crippen LogP contribution is 2.33. The molecule has 23 heavy (non-hydrogen) atoms. The van der Waals surface area contributed by atoms with Gasteiger partial charge >= 0.3 is 5.97 Å². The van der Waals surface area contributed by atoms with Crippen LogP contribution in [0, 0.1) is 0 Å². The van der Waals surface area contributed by atoms with Crippen LogP contribution in [0.25, 0.3) is 0 Å². The van der Waals surface area contributed by atoms with Gasteiger partial charge < -0.3 is 20.6 Å². The molecule has 0 aliphatic rings. The largest absolute Gasteiger partial charge is 0.506 e. The lowest BCUT2D eigenvalue weighted by atomic mass is 9.89. The number of aryl methyl sites for hydroxylation is 1. The molecule has 122 valence electrons. The molecule has 1 amide bonds. The Labute approximate surface area is 130 Å². The Morgan fingerprint density at radius 2 is 2.22 bits per heavy atom. The zero-order valence-corrected chi connectivity index (χ0v) is 12.6. The number of rotatable bonds is 5. The van der Waals surface area contributed by atoms with Crippen LogP contribution in [0.3, 0.4) is 0 Å². The minimum atomic E-state index is -0.838. The van der Waals surface area contributed by atoms with Gasteiger partial charge in [-0.25, -0.2) is 4.79 Å². The van der Waals surface area contributed by atoms with E-state index in [4.69, 9.17) is 5.73 Å². The second-order valence-corrected chi connectivity index (χ2v) is 4.96. The van der Waals surface area contributed by atoms with Gasteiger partial charge in [0.25, 0.3) is 5.56 Å². The van der Waals surface area contributed by atoms with Gasteiger partial charge in [0.05, 0.1) is 18.9 Å². The SMILES string of the molecule is COC(=O)c1c[nH]c(=O)c([C@H](CC(N)=O)c2cnn(C)c2)c1O. The molecule has 0 spiro atoms. The van der Waals surface area contributed by atoms with Gasteiger partial charge in [-0.15, -0.1) is 0 Å². The van der Waals surface area contributed by atoms with Crippen LogP contribution >= 0.6 is 0 Å². The molecule has 1 atom stereocenters. The van der Waals surface area contributed by atoms with Crippen molar-refractivity contribution in [2.45, 2.75) is 12.3 Å². The summed E-state index contributed by atoms with van der Waals surface area (Å²) in [6.45, 7) is 0. The van der Waals surface area contributed by atoms with E-state index in [1.54, 1.807) is 13.2 Å². The average molecular weight is 320 g/mol. The van der Waals surface area contributed by atoms with Crippen molar-refractivity contribution in [3.63, 3.8) is 0 Å². The molecule has 2 aromatic rings. The molecule has 2 heterocycles. The molecule has 0 aliphatic heterocycles. The summed E-state index contributed by atoms with van der Waals surface area (Å²) in [5.41, 5.74) is 4.77. The van der Waals surface area contributed by atoms with Crippen molar-refractivity contribution < 1.29 is 19.4 Å². The highest BCUT2D eigenvalue weighted by molar-refractivity contribution is 5.92. The van der Waals surface area contributed by atoms with Crippen LogP contribution in [0.15, 0.2) is 23.4 Å². The number of H-pyrrole nitrogens is 1. The summed E-state index contributed by atoms with van der Waals surface area (Å²) in [5, 5.41) is 14.3. The lowest BCUT2D eigenvalue weighted by Gasteiger charge is -2.16. The summed E-state index contributed by atoms with van der Waals surface area (Å²) in [5.74, 6) is -2.87. The molecule has 9 nitrogen and oxygen atoms in total. The summed E-state index contributed by atoms with van der Waals surface area (Å²) in [4.78, 5) is 37.6. The van der Waals surface area contributed by atoms with Crippen molar-refractivity contribution in [1.29, 1.82) is 0 Å². The molecule has 0 unspecified atom stereocenters. The molecule has 0 aliphatic carbocycles. The van der Waals surface area contributed by atoms with Gasteiger partial charge in [0.2, 0.25) is 5.91 Å². The monoisotopic (exact) mass is 320 g/mol. The van der Waals surface area contributed by atoms with Gasteiger partial charge in [0.1, 0.15) is 11.3 Å². The molecule has 0 fully saturated rings. The highest BCUT2D eigenvalue weighted by atomic mass is 16.5. The van der Waals surface area contributed by atoms with Crippen LogP contribution in [0.5, 0.6) is 5.75 Å². The number of nitrogens with two attached hydrogens (primary N) is 1. The van der Waals surface area contributed by atoms with Gasteiger partial charge in [-0.05, 0) is 5.56 Å². The van der Waals surface area contributed by atoms with Crippen molar-refractivity contribution >= 4 is 11.9 Å². The fraction of sp³-hybridized carbons (Fsp3) is 0.286. The van der Waals surface area contributed by atoms with Crippen molar-refractivity contribution in [3.05, 3.63) is 45.6 Å². The summed E-state index contributed by atoms with van der Waals surface area (Å²) >= 11 is 0. The fourth-order valence-corrected chi connectivity index (χ4v) is 2.33. The van der Waals surface area contributed by atoms with Gasteiger partial charge in [-0.2, -0.15) is 5.10 Å². The number of esters is 1. The molecular formula is C14H16N4O5. The Balaban J connectivity index is 2.65. The molecular weight excluding hydrogens is 304 g/mol. The number of hydrogen-bond donors (Lipinski definition) is 3. The zero-order valence-electron chi connectivity index (χ0n) is 12.6. The smallest absolute Gasteiger partial charge is 0.343 e. The topological polar surface area (TPSA) is 140 Å². The molecule has 0 bridgehead atoms. The Bertz CT molecular complexity index is 808. The number of aromatic nitrogens is 3. The lowest BCUT2D eigenvalue weighted by Crippen LogP contribution is -2.23. The third-order valence-electron chi connectivity index (χ3n) is 3.39. The third kappa shape index (κ3) is 3.23. The number of methoxy groups -OCH3 is 1. The summed E-state index contributed by atoms with van der Waals surface area (Å²) in [7, 11) is 2.81. The van der Waals surface area contributed by atoms with Crippen molar-refractivity contribution in [3.8, 4) is 5.75 Å². The first kappa shape index (κ1) is 16.3. The van der Waals surface area contributed by atoms with Crippen molar-refractivity contribution in [1.82, 2.24) is 14.8 Å². The summed E-state index contributed by atoms with van der Waals surface area (Å²) < 4.78 is 6.04. The fourth-order valence-electron chi connectivity index (χ4n) is 2.33. The van der Waals surface area contributed by atoms with E-state index in [1.165, 1.54) is 10.9 Å². The second kappa shape index (κ2) is 6.34. The molecule has 9 heteroatoms. The third-order valence-corrected chi connectivity index (χ3v) is 3.39. The van der Waals surface area contributed by atoms with Gasteiger partial charge in [-0.1, -0.05) is 0 Å². The van der Waals surface area contributed by atoms with Crippen molar-refractivity contribution in [2.75, 3.05) is 7.11 Å². The van der Waals surface area contributed by atoms with E-state index >= 15 is 0 Å². The number of primary amides is 1. The molecule has 0 saturated carbocycles. The number of ether oxygens (including phenoxy) is 1. The van der Waals surface area contributed by atoms with Crippen molar-refractivity contribution in [2.24, 2.45) is 12.8 Å². The van der Waals surface area contributed by atoms with Crippen LogP contribution in [0.1, 0.15) is 33.8 Å². The molecule has 0 aromatic carbocycles. The average Bonchev–Trinajstić information content (AvgIpc) is 2.91. The zero-order chi connectivity index (χ0) is 17.1. The van der Waals surface area contributed by atoms with E-state index in [0.717, 1.165) is 13.3 Å². The number of pyridine rings is 1. The maximum absolute atomic E-state index is 12.2.